The quantitative estimate of drug-likeness (QED) is 0.444. The molecule has 0 saturated carbocycles. The molecule has 2 rings (SSSR count). The molecule has 5 heteroatoms. The molecule has 126 valence electrons. The maximum absolute atomic E-state index is 12.8. The highest BCUT2D eigenvalue weighted by molar-refractivity contribution is 7.99. The molecule has 0 fully saturated rings. The van der Waals surface area contributed by atoms with Crippen LogP contribution in [0, 0.1) is 5.92 Å². The van der Waals surface area contributed by atoms with Gasteiger partial charge in [0.1, 0.15) is 0 Å². The van der Waals surface area contributed by atoms with Gasteiger partial charge in [0.2, 0.25) is 0 Å². The number of benzene rings is 2. The van der Waals surface area contributed by atoms with Gasteiger partial charge < -0.3 is 10.8 Å². The zero-order valence-electron chi connectivity index (χ0n) is 13.8. The van der Waals surface area contributed by atoms with E-state index < -0.39 is 5.97 Å². The van der Waals surface area contributed by atoms with E-state index >= 15 is 0 Å². The molecule has 0 spiro atoms. The summed E-state index contributed by atoms with van der Waals surface area (Å²) in [6.45, 7) is 4.25. The fourth-order valence-corrected chi connectivity index (χ4v) is 3.63. The van der Waals surface area contributed by atoms with E-state index in [1.807, 2.05) is 6.07 Å². The largest absolute Gasteiger partial charge is 0.478 e. The summed E-state index contributed by atoms with van der Waals surface area (Å²) in [5.41, 5.74) is 7.27. The minimum Gasteiger partial charge on any atom is -0.478 e. The van der Waals surface area contributed by atoms with Gasteiger partial charge >= 0.3 is 5.97 Å². The Morgan fingerprint density at radius 2 is 1.79 bits per heavy atom. The second-order valence-corrected chi connectivity index (χ2v) is 7.11. The summed E-state index contributed by atoms with van der Waals surface area (Å²) in [6.07, 6.45) is 0.973. The standard InChI is InChI=1S/C19H21NO3S/c1-12(2)8-9-24-16-11-14(19(22)23)10-15(20)17(16)18(21)13-6-4-3-5-7-13/h3-7,10-12H,8-9,20H2,1-2H3,(H,22,23). The van der Waals surface area contributed by atoms with E-state index in [-0.39, 0.29) is 17.0 Å². The molecule has 0 bridgehead atoms. The van der Waals surface area contributed by atoms with Crippen molar-refractivity contribution in [3.63, 3.8) is 0 Å². The Balaban J connectivity index is 2.44. The zero-order valence-corrected chi connectivity index (χ0v) is 14.6. The second kappa shape index (κ2) is 8.02. The molecule has 24 heavy (non-hydrogen) atoms. The van der Waals surface area contributed by atoms with Gasteiger partial charge in [0.25, 0.3) is 0 Å². The number of hydrogen-bond donors (Lipinski definition) is 2. The maximum Gasteiger partial charge on any atom is 0.335 e. The molecule has 0 radical (unpaired) electrons. The predicted molar refractivity (Wildman–Crippen MR) is 97.9 cm³/mol. The first-order valence-electron chi connectivity index (χ1n) is 7.79. The Morgan fingerprint density at radius 3 is 2.38 bits per heavy atom. The van der Waals surface area contributed by atoms with Gasteiger partial charge in [0.05, 0.1) is 11.1 Å². The Labute approximate surface area is 146 Å². The Kier molecular flexibility index (Phi) is 6.04. The third kappa shape index (κ3) is 4.38. The van der Waals surface area contributed by atoms with Gasteiger partial charge in [-0.2, -0.15) is 0 Å². The van der Waals surface area contributed by atoms with Crippen LogP contribution < -0.4 is 5.73 Å². The molecule has 0 aliphatic carbocycles. The van der Waals surface area contributed by atoms with Gasteiger partial charge in [-0.05, 0) is 30.2 Å². The molecule has 0 aliphatic rings. The van der Waals surface area contributed by atoms with Crippen molar-refractivity contribution in [3.8, 4) is 0 Å². The number of thioether (sulfide) groups is 1. The van der Waals surface area contributed by atoms with Crippen molar-refractivity contribution in [2.45, 2.75) is 25.2 Å². The van der Waals surface area contributed by atoms with Crippen LogP contribution in [0.25, 0.3) is 0 Å². The van der Waals surface area contributed by atoms with Crippen molar-refractivity contribution in [3.05, 3.63) is 59.2 Å². The maximum atomic E-state index is 12.8. The molecular formula is C19H21NO3S. The molecule has 0 aliphatic heterocycles. The lowest BCUT2D eigenvalue weighted by atomic mass is 10.00. The van der Waals surface area contributed by atoms with E-state index in [1.54, 1.807) is 30.3 Å². The van der Waals surface area contributed by atoms with Gasteiger partial charge in [-0.1, -0.05) is 44.2 Å². The molecule has 2 aromatic rings. The van der Waals surface area contributed by atoms with Crippen LogP contribution >= 0.6 is 11.8 Å². The Hall–Kier alpha value is -2.27. The van der Waals surface area contributed by atoms with Crippen molar-refractivity contribution >= 4 is 29.2 Å². The van der Waals surface area contributed by atoms with Crippen molar-refractivity contribution < 1.29 is 14.7 Å². The molecule has 4 nitrogen and oxygen atoms in total. The lowest BCUT2D eigenvalue weighted by Crippen LogP contribution is -2.10. The number of hydrogen-bond acceptors (Lipinski definition) is 4. The number of nitrogen functional groups attached to an aromatic ring is 1. The third-order valence-corrected chi connectivity index (χ3v) is 4.67. The first-order valence-corrected chi connectivity index (χ1v) is 8.78. The van der Waals surface area contributed by atoms with Crippen LogP contribution in [0.5, 0.6) is 0 Å². The highest BCUT2D eigenvalue weighted by atomic mass is 32.2. The number of carboxylic acids is 1. The van der Waals surface area contributed by atoms with E-state index in [2.05, 4.69) is 13.8 Å². The Bertz CT molecular complexity index is 742. The first-order chi connectivity index (χ1) is 11.4. The number of carbonyl (C=O) groups excluding carboxylic acids is 1. The number of carbonyl (C=O) groups is 2. The second-order valence-electron chi connectivity index (χ2n) is 5.97. The predicted octanol–water partition coefficient (Wildman–Crippen LogP) is 4.34. The van der Waals surface area contributed by atoms with Crippen LogP contribution in [0.15, 0.2) is 47.4 Å². The highest BCUT2D eigenvalue weighted by Crippen LogP contribution is 2.32. The summed E-state index contributed by atoms with van der Waals surface area (Å²) in [7, 11) is 0. The summed E-state index contributed by atoms with van der Waals surface area (Å²) < 4.78 is 0. The average molecular weight is 343 g/mol. The van der Waals surface area contributed by atoms with Crippen LogP contribution in [-0.4, -0.2) is 22.6 Å². The molecule has 3 N–H and O–H groups in total. The smallest absolute Gasteiger partial charge is 0.335 e. The number of rotatable bonds is 7. The third-order valence-electron chi connectivity index (χ3n) is 3.60. The molecule has 0 aromatic heterocycles. The van der Waals surface area contributed by atoms with E-state index in [9.17, 15) is 14.7 Å². The number of ketones is 1. The summed E-state index contributed by atoms with van der Waals surface area (Å²) in [6, 6.07) is 11.8. The van der Waals surface area contributed by atoms with Gasteiger partial charge in [-0.15, -0.1) is 11.8 Å². The molecule has 0 unspecified atom stereocenters. The number of aromatic carboxylic acids is 1. The molecule has 0 heterocycles. The van der Waals surface area contributed by atoms with Crippen molar-refractivity contribution in [1.82, 2.24) is 0 Å². The van der Waals surface area contributed by atoms with E-state index in [4.69, 9.17) is 5.73 Å². The van der Waals surface area contributed by atoms with Crippen molar-refractivity contribution in [1.29, 1.82) is 0 Å². The zero-order chi connectivity index (χ0) is 17.7. The van der Waals surface area contributed by atoms with Gasteiger partial charge in [0.15, 0.2) is 5.78 Å². The lowest BCUT2D eigenvalue weighted by molar-refractivity contribution is 0.0696. The molecule has 0 amide bonds. The number of nitrogens with two attached hydrogens (primary N) is 1. The van der Waals surface area contributed by atoms with E-state index in [1.165, 1.54) is 17.8 Å². The average Bonchev–Trinajstić information content (AvgIpc) is 2.54. The molecule has 0 atom stereocenters. The lowest BCUT2D eigenvalue weighted by Gasteiger charge is -2.13. The SMILES string of the molecule is CC(C)CCSc1cc(C(=O)O)cc(N)c1C(=O)c1ccccc1. The minimum atomic E-state index is -1.05. The molecule has 2 aromatic carbocycles. The monoisotopic (exact) mass is 343 g/mol. The van der Waals surface area contributed by atoms with Crippen LogP contribution in [-0.2, 0) is 0 Å². The van der Waals surface area contributed by atoms with Gasteiger partial charge in [-0.25, -0.2) is 4.79 Å². The van der Waals surface area contributed by atoms with E-state index in [0.717, 1.165) is 12.2 Å². The van der Waals surface area contributed by atoms with E-state index in [0.29, 0.717) is 21.9 Å². The summed E-state index contributed by atoms with van der Waals surface area (Å²) in [5, 5.41) is 9.24. The summed E-state index contributed by atoms with van der Waals surface area (Å²) in [4.78, 5) is 24.7. The topological polar surface area (TPSA) is 80.4 Å². The van der Waals surface area contributed by atoms with Gasteiger partial charge in [0, 0.05) is 16.1 Å². The Morgan fingerprint density at radius 1 is 1.12 bits per heavy atom. The first kappa shape index (κ1) is 18.1. The van der Waals surface area contributed by atoms with Crippen LogP contribution in [0.1, 0.15) is 46.5 Å². The van der Waals surface area contributed by atoms with Gasteiger partial charge in [-0.3, -0.25) is 4.79 Å². The summed E-state index contributed by atoms with van der Waals surface area (Å²) >= 11 is 1.48. The highest BCUT2D eigenvalue weighted by Gasteiger charge is 2.20. The van der Waals surface area contributed by atoms with Crippen molar-refractivity contribution in [2.75, 3.05) is 11.5 Å². The fourth-order valence-electron chi connectivity index (χ4n) is 2.26. The normalized spacial score (nSPS) is 10.8. The molecular weight excluding hydrogens is 322 g/mol. The minimum absolute atomic E-state index is 0.101. The molecule has 0 saturated heterocycles. The van der Waals surface area contributed by atoms with Crippen molar-refractivity contribution in [2.24, 2.45) is 5.92 Å². The fraction of sp³-hybridized carbons (Fsp3) is 0.263. The summed E-state index contributed by atoms with van der Waals surface area (Å²) in [5.74, 6) is 0.101. The van der Waals surface area contributed by atoms with Crippen LogP contribution in [0.2, 0.25) is 0 Å². The number of carboxylic acid groups (broad SMARTS) is 1. The number of anilines is 1. The van der Waals surface area contributed by atoms with Crippen LogP contribution in [0.4, 0.5) is 5.69 Å². The van der Waals surface area contributed by atoms with Crippen LogP contribution in [0.3, 0.4) is 0 Å².